The van der Waals surface area contributed by atoms with Gasteiger partial charge in [0, 0.05) is 18.7 Å². The van der Waals surface area contributed by atoms with E-state index in [2.05, 4.69) is 36.5 Å². The van der Waals surface area contributed by atoms with Gasteiger partial charge in [0.05, 0.1) is 4.92 Å². The molecule has 0 fully saturated rings. The molecule has 1 aromatic carbocycles. The van der Waals surface area contributed by atoms with Gasteiger partial charge < -0.3 is 10.1 Å². The van der Waals surface area contributed by atoms with Gasteiger partial charge in [0.25, 0.3) is 5.69 Å². The lowest BCUT2D eigenvalue weighted by atomic mass is 10.1. The Morgan fingerprint density at radius 3 is 2.10 bits per heavy atom. The zero-order valence-electron chi connectivity index (χ0n) is 18.9. The fourth-order valence-electron chi connectivity index (χ4n) is 3.08. The van der Waals surface area contributed by atoms with E-state index in [1.165, 1.54) is 75.6 Å². The Kier molecular flexibility index (Phi) is 15.5. The highest BCUT2D eigenvalue weighted by molar-refractivity contribution is 5.70. The van der Waals surface area contributed by atoms with Crippen molar-refractivity contribution in [3.05, 3.63) is 58.7 Å². The Bertz CT molecular complexity index is 669. The highest BCUT2D eigenvalue weighted by Crippen LogP contribution is 2.17. The first kappa shape index (κ1) is 26.4. The summed E-state index contributed by atoms with van der Waals surface area (Å²) in [6.45, 7) is 2.80. The Morgan fingerprint density at radius 1 is 0.903 bits per heavy atom. The molecule has 0 aromatic heterocycles. The SMILES string of the molecule is CCCCC/C=C\C/C=C\CCCCCCCCNC(=O)Oc1ccc([N+](=O)[O-])cc1. The van der Waals surface area contributed by atoms with Gasteiger partial charge in [-0.15, -0.1) is 0 Å². The van der Waals surface area contributed by atoms with Gasteiger partial charge in [-0.25, -0.2) is 4.79 Å². The summed E-state index contributed by atoms with van der Waals surface area (Å²) in [6, 6.07) is 5.45. The number of benzene rings is 1. The molecule has 31 heavy (non-hydrogen) atoms. The van der Waals surface area contributed by atoms with E-state index in [0.29, 0.717) is 12.3 Å². The van der Waals surface area contributed by atoms with Gasteiger partial charge in [0.1, 0.15) is 5.75 Å². The zero-order chi connectivity index (χ0) is 22.6. The van der Waals surface area contributed by atoms with Gasteiger partial charge in [-0.05, 0) is 50.7 Å². The molecule has 1 N–H and O–H groups in total. The van der Waals surface area contributed by atoms with E-state index in [1.54, 1.807) is 0 Å². The van der Waals surface area contributed by atoms with Gasteiger partial charge in [-0.2, -0.15) is 0 Å². The minimum Gasteiger partial charge on any atom is -0.410 e. The van der Waals surface area contributed by atoms with E-state index in [1.807, 2.05) is 0 Å². The predicted molar refractivity (Wildman–Crippen MR) is 126 cm³/mol. The number of nitrogens with zero attached hydrogens (tertiary/aromatic N) is 1. The van der Waals surface area contributed by atoms with Crippen molar-refractivity contribution in [2.45, 2.75) is 84.0 Å². The van der Waals surface area contributed by atoms with Crippen molar-refractivity contribution in [3.63, 3.8) is 0 Å². The molecule has 0 bridgehead atoms. The zero-order valence-corrected chi connectivity index (χ0v) is 18.9. The van der Waals surface area contributed by atoms with E-state index in [0.717, 1.165) is 25.7 Å². The number of rotatable bonds is 17. The Labute approximate surface area is 186 Å². The van der Waals surface area contributed by atoms with Gasteiger partial charge in [0.15, 0.2) is 0 Å². The number of nitrogens with one attached hydrogen (secondary N) is 1. The number of unbranched alkanes of at least 4 members (excludes halogenated alkanes) is 9. The molecule has 0 saturated heterocycles. The van der Waals surface area contributed by atoms with Crippen molar-refractivity contribution in [1.82, 2.24) is 5.32 Å². The normalized spacial score (nSPS) is 11.3. The lowest BCUT2D eigenvalue weighted by Crippen LogP contribution is -2.27. The van der Waals surface area contributed by atoms with Crippen LogP contribution in [0.25, 0.3) is 0 Å². The molecule has 0 aliphatic rings. The summed E-state index contributed by atoms with van der Waals surface area (Å²) in [6.07, 6.45) is 22.8. The van der Waals surface area contributed by atoms with Crippen LogP contribution in [0.1, 0.15) is 84.0 Å². The maximum absolute atomic E-state index is 11.7. The molecule has 0 atom stereocenters. The minimum atomic E-state index is -0.531. The monoisotopic (exact) mass is 430 g/mol. The molecule has 6 nitrogen and oxygen atoms in total. The second kappa shape index (κ2) is 18.2. The summed E-state index contributed by atoms with van der Waals surface area (Å²) >= 11 is 0. The van der Waals surface area contributed by atoms with Crippen LogP contribution in [-0.4, -0.2) is 17.6 Å². The van der Waals surface area contributed by atoms with Crippen molar-refractivity contribution < 1.29 is 14.5 Å². The lowest BCUT2D eigenvalue weighted by Gasteiger charge is -2.06. The van der Waals surface area contributed by atoms with Crippen molar-refractivity contribution in [2.75, 3.05) is 6.54 Å². The van der Waals surface area contributed by atoms with E-state index >= 15 is 0 Å². The summed E-state index contributed by atoms with van der Waals surface area (Å²) in [7, 11) is 0. The Morgan fingerprint density at radius 2 is 1.48 bits per heavy atom. The predicted octanol–water partition coefficient (Wildman–Crippen LogP) is 7.50. The van der Waals surface area contributed by atoms with Crippen LogP contribution in [-0.2, 0) is 0 Å². The van der Waals surface area contributed by atoms with E-state index in [9.17, 15) is 14.9 Å². The summed E-state index contributed by atoms with van der Waals surface area (Å²) < 4.78 is 5.09. The number of non-ortho nitro benzene ring substituents is 1. The Balaban J connectivity index is 1.91. The number of amides is 1. The molecule has 0 radical (unpaired) electrons. The van der Waals surface area contributed by atoms with Crippen LogP contribution in [0.15, 0.2) is 48.6 Å². The second-order valence-corrected chi connectivity index (χ2v) is 7.65. The number of hydrogen-bond acceptors (Lipinski definition) is 4. The third-order valence-electron chi connectivity index (χ3n) is 4.90. The van der Waals surface area contributed by atoms with E-state index < -0.39 is 11.0 Å². The lowest BCUT2D eigenvalue weighted by molar-refractivity contribution is -0.384. The quantitative estimate of drug-likeness (QED) is 0.120. The molecule has 0 saturated carbocycles. The first-order valence-corrected chi connectivity index (χ1v) is 11.6. The molecular weight excluding hydrogens is 392 g/mol. The van der Waals surface area contributed by atoms with Crippen LogP contribution in [0, 0.1) is 10.1 Å². The number of carbonyl (C=O) groups is 1. The summed E-state index contributed by atoms with van der Waals surface area (Å²) in [5.74, 6) is 0.292. The van der Waals surface area contributed by atoms with Crippen molar-refractivity contribution in [2.24, 2.45) is 0 Å². The summed E-state index contributed by atoms with van der Waals surface area (Å²) in [5.41, 5.74) is -0.0332. The van der Waals surface area contributed by atoms with Crippen molar-refractivity contribution >= 4 is 11.8 Å². The molecule has 0 aliphatic heterocycles. The number of hydrogen-bond donors (Lipinski definition) is 1. The second-order valence-electron chi connectivity index (χ2n) is 7.65. The highest BCUT2D eigenvalue weighted by atomic mass is 16.6. The third kappa shape index (κ3) is 14.9. The number of nitro groups is 1. The van der Waals surface area contributed by atoms with Crippen molar-refractivity contribution in [3.8, 4) is 5.75 Å². The Hall–Kier alpha value is -2.63. The van der Waals surface area contributed by atoms with E-state index in [4.69, 9.17) is 4.74 Å². The van der Waals surface area contributed by atoms with Gasteiger partial charge in [-0.3, -0.25) is 10.1 Å². The molecule has 0 spiro atoms. The third-order valence-corrected chi connectivity index (χ3v) is 4.90. The molecule has 6 heteroatoms. The molecule has 172 valence electrons. The average molecular weight is 431 g/mol. The number of nitro benzene ring substituents is 1. The molecule has 1 rings (SSSR count). The summed E-state index contributed by atoms with van der Waals surface area (Å²) in [4.78, 5) is 21.8. The molecule has 0 heterocycles. The van der Waals surface area contributed by atoms with Gasteiger partial charge in [-0.1, -0.05) is 69.8 Å². The van der Waals surface area contributed by atoms with Gasteiger partial charge >= 0.3 is 6.09 Å². The van der Waals surface area contributed by atoms with Crippen molar-refractivity contribution in [1.29, 1.82) is 0 Å². The van der Waals surface area contributed by atoms with Crippen LogP contribution in [0.4, 0.5) is 10.5 Å². The standard InChI is InChI=1S/C25H38N2O4/c1-2-3-4-5-6-7-8-9-10-11-12-13-14-15-16-17-22-26-25(28)31-24-20-18-23(19-21-24)27(29)30/h6-7,9-10,18-21H,2-5,8,11-17,22H2,1H3,(H,26,28)/b7-6-,10-9-. The highest BCUT2D eigenvalue weighted by Gasteiger charge is 2.07. The smallest absolute Gasteiger partial charge is 0.410 e. The first-order valence-electron chi connectivity index (χ1n) is 11.6. The fraction of sp³-hybridized carbons (Fsp3) is 0.560. The largest absolute Gasteiger partial charge is 0.412 e. The van der Waals surface area contributed by atoms with E-state index in [-0.39, 0.29) is 5.69 Å². The molecular formula is C25H38N2O4. The summed E-state index contributed by atoms with van der Waals surface area (Å²) in [5, 5.41) is 13.3. The van der Waals surface area contributed by atoms with Crippen LogP contribution >= 0.6 is 0 Å². The molecule has 1 amide bonds. The number of ether oxygens (including phenoxy) is 1. The maximum Gasteiger partial charge on any atom is 0.412 e. The average Bonchev–Trinajstić information content (AvgIpc) is 2.76. The maximum atomic E-state index is 11.7. The molecule has 1 aromatic rings. The van der Waals surface area contributed by atoms with Crippen LogP contribution in [0.2, 0.25) is 0 Å². The molecule has 0 aliphatic carbocycles. The number of carbonyl (C=O) groups excluding carboxylic acids is 1. The first-order chi connectivity index (χ1) is 15.1. The van der Waals surface area contributed by atoms with Crippen LogP contribution in [0.3, 0.4) is 0 Å². The molecule has 0 unspecified atom stereocenters. The minimum absolute atomic E-state index is 0.0332. The van der Waals surface area contributed by atoms with Crippen LogP contribution < -0.4 is 10.1 Å². The topological polar surface area (TPSA) is 81.5 Å². The number of allylic oxidation sites excluding steroid dienone is 4. The van der Waals surface area contributed by atoms with Gasteiger partial charge in [0.2, 0.25) is 0 Å². The van der Waals surface area contributed by atoms with Crippen LogP contribution in [0.5, 0.6) is 5.75 Å². The fourth-order valence-corrected chi connectivity index (χ4v) is 3.08.